The predicted octanol–water partition coefficient (Wildman–Crippen LogP) is 2.16. The molecule has 0 aliphatic heterocycles. The Morgan fingerprint density at radius 1 is 1.24 bits per heavy atom. The summed E-state index contributed by atoms with van der Waals surface area (Å²) in [4.78, 5) is 8.54. The molecule has 0 aliphatic carbocycles. The van der Waals surface area contributed by atoms with Gasteiger partial charge in [-0.2, -0.15) is 0 Å². The van der Waals surface area contributed by atoms with Crippen LogP contribution in [-0.4, -0.2) is 38.3 Å². The van der Waals surface area contributed by atoms with Gasteiger partial charge in [-0.05, 0) is 17.7 Å². The molecular formula is C15H21IN4O. The van der Waals surface area contributed by atoms with Crippen molar-refractivity contribution in [3.05, 3.63) is 42.1 Å². The van der Waals surface area contributed by atoms with Crippen molar-refractivity contribution in [2.24, 2.45) is 4.99 Å². The van der Waals surface area contributed by atoms with E-state index in [0.29, 0.717) is 13.2 Å². The number of rotatable bonds is 5. The van der Waals surface area contributed by atoms with Gasteiger partial charge in [-0.1, -0.05) is 18.2 Å². The Hall–Kier alpha value is -1.41. The monoisotopic (exact) mass is 400 g/mol. The maximum atomic E-state index is 5.00. The van der Waals surface area contributed by atoms with E-state index in [1.165, 1.54) is 5.56 Å². The van der Waals surface area contributed by atoms with Crippen LogP contribution in [0.15, 0.2) is 41.5 Å². The van der Waals surface area contributed by atoms with Gasteiger partial charge in [0.05, 0.1) is 12.1 Å². The molecule has 6 heteroatoms. The maximum Gasteiger partial charge on any atom is 0.191 e. The first-order valence-corrected chi connectivity index (χ1v) is 6.61. The number of methoxy groups -OCH3 is 1. The van der Waals surface area contributed by atoms with Crippen LogP contribution in [0.5, 0.6) is 0 Å². The Morgan fingerprint density at radius 2 is 2.05 bits per heavy atom. The van der Waals surface area contributed by atoms with Crippen molar-refractivity contribution >= 4 is 40.8 Å². The maximum absolute atomic E-state index is 5.00. The van der Waals surface area contributed by atoms with Crippen LogP contribution in [0.2, 0.25) is 0 Å². The van der Waals surface area contributed by atoms with Gasteiger partial charge in [0, 0.05) is 38.8 Å². The second-order valence-electron chi connectivity index (χ2n) is 4.33. The molecule has 1 aromatic heterocycles. The van der Waals surface area contributed by atoms with Gasteiger partial charge in [0.2, 0.25) is 0 Å². The molecule has 0 unspecified atom stereocenters. The molecule has 2 N–H and O–H groups in total. The van der Waals surface area contributed by atoms with Gasteiger partial charge in [-0.25, -0.2) is 0 Å². The molecule has 2 rings (SSSR count). The second-order valence-corrected chi connectivity index (χ2v) is 4.33. The highest BCUT2D eigenvalue weighted by Gasteiger charge is 2.02. The third-order valence-corrected chi connectivity index (χ3v) is 3.01. The van der Waals surface area contributed by atoms with E-state index in [0.717, 1.165) is 23.4 Å². The number of benzene rings is 1. The molecule has 1 heterocycles. The number of pyridine rings is 1. The highest BCUT2D eigenvalue weighted by molar-refractivity contribution is 14.0. The summed E-state index contributed by atoms with van der Waals surface area (Å²) in [6.45, 7) is 2.09. The molecule has 1 aromatic carbocycles. The van der Waals surface area contributed by atoms with E-state index >= 15 is 0 Å². The van der Waals surface area contributed by atoms with E-state index in [-0.39, 0.29) is 24.0 Å². The molecule has 21 heavy (non-hydrogen) atoms. The van der Waals surface area contributed by atoms with Crippen LogP contribution in [0.25, 0.3) is 10.9 Å². The zero-order valence-electron chi connectivity index (χ0n) is 12.3. The SMILES string of the molecule is CN=C(NCCOC)NCc1ccnc2ccccc12.I. The van der Waals surface area contributed by atoms with Crippen LogP contribution in [-0.2, 0) is 11.3 Å². The van der Waals surface area contributed by atoms with E-state index in [2.05, 4.69) is 26.7 Å². The Bertz CT molecular complexity index is 583. The van der Waals surface area contributed by atoms with Gasteiger partial charge >= 0.3 is 0 Å². The van der Waals surface area contributed by atoms with Crippen LogP contribution in [0, 0.1) is 0 Å². The number of aliphatic imine (C=N–C) groups is 1. The topological polar surface area (TPSA) is 58.5 Å². The van der Waals surface area contributed by atoms with Crippen molar-refractivity contribution in [1.29, 1.82) is 0 Å². The number of nitrogens with zero attached hydrogens (tertiary/aromatic N) is 2. The smallest absolute Gasteiger partial charge is 0.191 e. The molecule has 0 amide bonds. The molecule has 114 valence electrons. The average molecular weight is 400 g/mol. The van der Waals surface area contributed by atoms with Gasteiger partial charge in [-0.15, -0.1) is 24.0 Å². The van der Waals surface area contributed by atoms with Crippen molar-refractivity contribution in [2.45, 2.75) is 6.54 Å². The largest absolute Gasteiger partial charge is 0.383 e. The molecule has 0 aliphatic rings. The molecule has 0 radical (unpaired) electrons. The Labute approximate surface area is 142 Å². The molecule has 0 saturated heterocycles. The minimum absolute atomic E-state index is 0. The van der Waals surface area contributed by atoms with Crippen LogP contribution >= 0.6 is 24.0 Å². The number of para-hydroxylation sites is 1. The van der Waals surface area contributed by atoms with Crippen molar-refractivity contribution < 1.29 is 4.74 Å². The lowest BCUT2D eigenvalue weighted by Gasteiger charge is -2.12. The molecule has 0 spiro atoms. The van der Waals surface area contributed by atoms with Gasteiger partial charge in [0.25, 0.3) is 0 Å². The highest BCUT2D eigenvalue weighted by atomic mass is 127. The van der Waals surface area contributed by atoms with E-state index in [9.17, 15) is 0 Å². The van der Waals surface area contributed by atoms with Crippen LogP contribution in [0.1, 0.15) is 5.56 Å². The van der Waals surface area contributed by atoms with Crippen LogP contribution < -0.4 is 10.6 Å². The van der Waals surface area contributed by atoms with Gasteiger partial charge in [0.15, 0.2) is 5.96 Å². The first-order chi connectivity index (χ1) is 9.85. The van der Waals surface area contributed by atoms with E-state index in [4.69, 9.17) is 4.74 Å². The summed E-state index contributed by atoms with van der Waals surface area (Å²) in [6, 6.07) is 10.2. The fourth-order valence-corrected chi connectivity index (χ4v) is 1.98. The van der Waals surface area contributed by atoms with E-state index < -0.39 is 0 Å². The van der Waals surface area contributed by atoms with Crippen molar-refractivity contribution in [1.82, 2.24) is 15.6 Å². The Balaban J connectivity index is 0.00000220. The Morgan fingerprint density at radius 3 is 2.81 bits per heavy atom. The third kappa shape index (κ3) is 5.13. The first-order valence-electron chi connectivity index (χ1n) is 6.61. The summed E-state index contributed by atoms with van der Waals surface area (Å²) < 4.78 is 5.00. The molecule has 5 nitrogen and oxygen atoms in total. The quantitative estimate of drug-likeness (QED) is 0.350. The molecule has 2 aromatic rings. The summed E-state index contributed by atoms with van der Waals surface area (Å²) in [6.07, 6.45) is 1.83. The minimum atomic E-state index is 0. The van der Waals surface area contributed by atoms with Crippen molar-refractivity contribution in [2.75, 3.05) is 27.3 Å². The minimum Gasteiger partial charge on any atom is -0.383 e. The summed E-state index contributed by atoms with van der Waals surface area (Å²) in [5.74, 6) is 0.767. The lowest BCUT2D eigenvalue weighted by Crippen LogP contribution is -2.38. The number of nitrogens with one attached hydrogen (secondary N) is 2. The number of fused-ring (bicyclic) bond motifs is 1. The number of hydrogen-bond donors (Lipinski definition) is 2. The number of ether oxygens (including phenoxy) is 1. The zero-order valence-corrected chi connectivity index (χ0v) is 14.6. The molecule has 0 atom stereocenters. The summed E-state index contributed by atoms with van der Waals surface area (Å²) in [7, 11) is 3.44. The molecule has 0 fully saturated rings. The van der Waals surface area contributed by atoms with Crippen LogP contribution in [0.4, 0.5) is 0 Å². The second kappa shape index (κ2) is 9.51. The summed E-state index contributed by atoms with van der Waals surface area (Å²) >= 11 is 0. The van der Waals surface area contributed by atoms with Gasteiger partial charge < -0.3 is 15.4 Å². The molecule has 0 saturated carbocycles. The van der Waals surface area contributed by atoms with Crippen molar-refractivity contribution in [3.63, 3.8) is 0 Å². The standard InChI is InChI=1S/C15H20N4O.HI/c1-16-15(18-9-10-20-2)19-11-12-7-8-17-14-6-4-3-5-13(12)14;/h3-8H,9-11H2,1-2H3,(H2,16,18,19);1H. The van der Waals surface area contributed by atoms with Crippen molar-refractivity contribution in [3.8, 4) is 0 Å². The van der Waals surface area contributed by atoms with Crippen LogP contribution in [0.3, 0.4) is 0 Å². The molecule has 0 bridgehead atoms. The lowest BCUT2D eigenvalue weighted by atomic mass is 10.1. The van der Waals surface area contributed by atoms with E-state index in [1.807, 2.05) is 30.5 Å². The number of guanidine groups is 1. The Kier molecular flexibility index (Phi) is 7.99. The first kappa shape index (κ1) is 17.6. The van der Waals surface area contributed by atoms with E-state index in [1.54, 1.807) is 14.2 Å². The highest BCUT2D eigenvalue weighted by Crippen LogP contribution is 2.15. The fraction of sp³-hybridized carbons (Fsp3) is 0.333. The lowest BCUT2D eigenvalue weighted by molar-refractivity contribution is 0.203. The van der Waals surface area contributed by atoms with Gasteiger partial charge in [0.1, 0.15) is 0 Å². The molecular weight excluding hydrogens is 379 g/mol. The number of halogens is 1. The summed E-state index contributed by atoms with van der Waals surface area (Å²) in [5, 5.41) is 7.64. The third-order valence-electron chi connectivity index (χ3n) is 3.01. The van der Waals surface area contributed by atoms with Gasteiger partial charge in [-0.3, -0.25) is 9.98 Å². The predicted molar refractivity (Wildman–Crippen MR) is 97.2 cm³/mol. The summed E-state index contributed by atoms with van der Waals surface area (Å²) in [5.41, 5.74) is 2.21. The fourth-order valence-electron chi connectivity index (χ4n) is 1.98. The number of aromatic nitrogens is 1. The zero-order chi connectivity index (χ0) is 14.2. The number of hydrogen-bond acceptors (Lipinski definition) is 3. The average Bonchev–Trinajstić information content (AvgIpc) is 2.50. The normalized spacial score (nSPS) is 11.0.